The van der Waals surface area contributed by atoms with E-state index in [2.05, 4.69) is 73.8 Å². The molecule has 6 N–H and O–H groups in total. The molecule has 0 aromatic rings. The number of aliphatic hydroxyl groups excluding tert-OH is 5. The van der Waals surface area contributed by atoms with Crippen LogP contribution in [0.15, 0.2) is 85.1 Å². The van der Waals surface area contributed by atoms with Gasteiger partial charge in [-0.3, -0.25) is 4.79 Å². The lowest BCUT2D eigenvalue weighted by atomic mass is 9.99. The number of amides is 1. The zero-order valence-electron chi connectivity index (χ0n) is 39.1. The average Bonchev–Trinajstić information content (AvgIpc) is 3.27. The van der Waals surface area contributed by atoms with Gasteiger partial charge in [0, 0.05) is 6.42 Å². The van der Waals surface area contributed by atoms with Crippen LogP contribution in [0.3, 0.4) is 0 Å². The molecule has 0 spiro atoms. The van der Waals surface area contributed by atoms with Gasteiger partial charge in [-0.05, 0) is 57.8 Å². The van der Waals surface area contributed by atoms with Gasteiger partial charge in [0.15, 0.2) is 6.29 Å². The molecule has 62 heavy (non-hydrogen) atoms. The molecule has 1 rings (SSSR count). The summed E-state index contributed by atoms with van der Waals surface area (Å²) in [4.78, 5) is 12.9. The first kappa shape index (κ1) is 57.4. The number of allylic oxidation sites excluding steroid dienone is 12. The van der Waals surface area contributed by atoms with E-state index in [0.29, 0.717) is 6.42 Å². The monoisotopic (exact) mass is 870 g/mol. The van der Waals surface area contributed by atoms with Gasteiger partial charge in [-0.25, -0.2) is 0 Å². The normalized spacial score (nSPS) is 21.0. The van der Waals surface area contributed by atoms with Crippen LogP contribution in [-0.2, 0) is 14.3 Å². The number of nitrogens with one attached hydrogen (secondary N) is 1. The molecule has 1 aliphatic heterocycles. The second kappa shape index (κ2) is 42.3. The predicted octanol–water partition coefficient (Wildman–Crippen LogP) is 11.1. The smallest absolute Gasteiger partial charge is 0.224 e. The molecule has 9 heteroatoms. The summed E-state index contributed by atoms with van der Waals surface area (Å²) in [6, 6.07) is -0.881. The first-order valence-electron chi connectivity index (χ1n) is 24.8. The molecular formula is C53H91NO8. The summed E-state index contributed by atoms with van der Waals surface area (Å²) in [6.07, 6.45) is 52.4. The third kappa shape index (κ3) is 32.1. The molecule has 1 aliphatic rings. The summed E-state index contributed by atoms with van der Waals surface area (Å²) in [5.74, 6) is -0.316. The third-order valence-electron chi connectivity index (χ3n) is 11.2. The second-order valence-electron chi connectivity index (χ2n) is 16.9. The standard InChI is InChI=1S/C53H91NO8/c1-3-5-7-9-11-13-15-17-19-20-21-22-23-24-25-26-27-29-30-32-34-36-38-40-42-47(56)46(45-61-53-52(60)51(59)50(58)48(44-55)62-53)54-49(57)43-41-39-37-35-33-31-28-18-16-14-12-10-8-6-4-2/h6,8,12,14,18,28,32-35,39-42,46-48,50-53,55-56,58-60H,3-5,7,9-11,13,15-17,19-27,29-31,36-38,43-45H2,1-2H3,(H,54,57)/b8-6-,14-12-,28-18-,34-32+,35-33-,41-39-,42-40+. The number of aliphatic hydroxyl groups is 5. The van der Waals surface area contributed by atoms with E-state index >= 15 is 0 Å². The van der Waals surface area contributed by atoms with Gasteiger partial charge in [0.2, 0.25) is 5.91 Å². The lowest BCUT2D eigenvalue weighted by molar-refractivity contribution is -0.302. The minimum Gasteiger partial charge on any atom is -0.394 e. The van der Waals surface area contributed by atoms with Gasteiger partial charge >= 0.3 is 0 Å². The molecule has 1 fully saturated rings. The zero-order chi connectivity index (χ0) is 45.1. The van der Waals surface area contributed by atoms with Gasteiger partial charge in [0.25, 0.3) is 0 Å². The third-order valence-corrected chi connectivity index (χ3v) is 11.2. The molecule has 7 unspecified atom stereocenters. The van der Waals surface area contributed by atoms with E-state index in [1.807, 2.05) is 18.2 Å². The number of unbranched alkanes of at least 4 members (excludes halogenated alkanes) is 19. The van der Waals surface area contributed by atoms with Crippen molar-refractivity contribution in [2.45, 2.75) is 230 Å². The summed E-state index contributed by atoms with van der Waals surface area (Å²) in [5, 5.41) is 54.1. The highest BCUT2D eigenvalue weighted by Gasteiger charge is 2.44. The highest BCUT2D eigenvalue weighted by molar-refractivity contribution is 5.77. The van der Waals surface area contributed by atoms with Crippen LogP contribution in [0.1, 0.15) is 187 Å². The van der Waals surface area contributed by atoms with E-state index < -0.39 is 49.5 Å². The average molecular weight is 870 g/mol. The van der Waals surface area contributed by atoms with E-state index in [0.717, 1.165) is 44.9 Å². The maximum atomic E-state index is 12.9. The molecule has 0 aliphatic carbocycles. The molecule has 0 saturated carbocycles. The molecule has 7 atom stereocenters. The Balaban J connectivity index is 2.37. The van der Waals surface area contributed by atoms with Gasteiger partial charge in [-0.1, -0.05) is 208 Å². The predicted molar refractivity (Wildman–Crippen MR) is 258 cm³/mol. The van der Waals surface area contributed by atoms with Crippen molar-refractivity contribution in [3.8, 4) is 0 Å². The first-order chi connectivity index (χ1) is 30.3. The molecule has 9 nitrogen and oxygen atoms in total. The van der Waals surface area contributed by atoms with Crippen molar-refractivity contribution >= 4 is 5.91 Å². The van der Waals surface area contributed by atoms with Gasteiger partial charge in [-0.15, -0.1) is 0 Å². The van der Waals surface area contributed by atoms with Gasteiger partial charge in [0.05, 0.1) is 25.4 Å². The van der Waals surface area contributed by atoms with E-state index in [-0.39, 0.29) is 18.9 Å². The Morgan fingerprint density at radius 3 is 1.52 bits per heavy atom. The van der Waals surface area contributed by atoms with Gasteiger partial charge in [-0.2, -0.15) is 0 Å². The first-order valence-corrected chi connectivity index (χ1v) is 24.8. The van der Waals surface area contributed by atoms with Crippen LogP contribution in [0, 0.1) is 0 Å². The molecule has 0 aromatic carbocycles. The van der Waals surface area contributed by atoms with Gasteiger partial charge < -0.3 is 40.3 Å². The molecule has 1 amide bonds. The Morgan fingerprint density at radius 1 is 0.565 bits per heavy atom. The van der Waals surface area contributed by atoms with Crippen LogP contribution in [0.5, 0.6) is 0 Å². The van der Waals surface area contributed by atoms with E-state index in [4.69, 9.17) is 9.47 Å². The number of rotatable bonds is 40. The van der Waals surface area contributed by atoms with Gasteiger partial charge in [0.1, 0.15) is 24.4 Å². The minimum atomic E-state index is -1.59. The van der Waals surface area contributed by atoms with E-state index in [1.165, 1.54) is 116 Å². The molecular weight excluding hydrogens is 779 g/mol. The van der Waals surface area contributed by atoms with Crippen molar-refractivity contribution in [2.24, 2.45) is 0 Å². The SMILES string of the molecule is CC/C=C\C/C=C\C/C=C\C/C=C\C/C=C\CC(=O)NC(COC1OC(CO)C(O)C(O)C1O)C(O)/C=C/CC/C=C/CCCCCCCCCCCCCCCCCCCC. The van der Waals surface area contributed by atoms with Crippen LogP contribution >= 0.6 is 0 Å². The van der Waals surface area contributed by atoms with Crippen molar-refractivity contribution in [1.29, 1.82) is 0 Å². The molecule has 356 valence electrons. The fourth-order valence-corrected chi connectivity index (χ4v) is 7.30. The van der Waals surface area contributed by atoms with Crippen LogP contribution in [0.25, 0.3) is 0 Å². The summed E-state index contributed by atoms with van der Waals surface area (Å²) >= 11 is 0. The van der Waals surface area contributed by atoms with Crippen LogP contribution in [-0.4, -0.2) is 87.5 Å². The zero-order valence-corrected chi connectivity index (χ0v) is 39.1. The Bertz CT molecular complexity index is 1240. The fraction of sp³-hybridized carbons (Fsp3) is 0.717. The summed E-state index contributed by atoms with van der Waals surface area (Å²) in [7, 11) is 0. The topological polar surface area (TPSA) is 149 Å². The maximum Gasteiger partial charge on any atom is 0.224 e. The lowest BCUT2D eigenvalue weighted by Gasteiger charge is -2.40. The van der Waals surface area contributed by atoms with Crippen molar-refractivity contribution < 1.29 is 39.8 Å². The molecule has 0 radical (unpaired) electrons. The quantitative estimate of drug-likeness (QED) is 0.0263. The number of ether oxygens (including phenoxy) is 2. The Morgan fingerprint density at radius 2 is 1.02 bits per heavy atom. The van der Waals surface area contributed by atoms with E-state index in [9.17, 15) is 30.3 Å². The van der Waals surface area contributed by atoms with E-state index in [1.54, 1.807) is 12.2 Å². The highest BCUT2D eigenvalue weighted by atomic mass is 16.7. The minimum absolute atomic E-state index is 0.102. The van der Waals surface area contributed by atoms with Crippen LogP contribution in [0.4, 0.5) is 0 Å². The largest absolute Gasteiger partial charge is 0.394 e. The Labute approximate surface area is 378 Å². The number of carbonyl (C=O) groups excluding carboxylic acids is 1. The van der Waals surface area contributed by atoms with Crippen molar-refractivity contribution in [2.75, 3.05) is 13.2 Å². The number of hydrogen-bond acceptors (Lipinski definition) is 8. The molecule has 1 saturated heterocycles. The maximum absolute atomic E-state index is 12.9. The summed E-state index contributed by atoms with van der Waals surface area (Å²) in [6.45, 7) is 3.58. The molecule has 0 aromatic heterocycles. The fourth-order valence-electron chi connectivity index (χ4n) is 7.30. The van der Waals surface area contributed by atoms with Crippen molar-refractivity contribution in [3.05, 3.63) is 85.1 Å². The molecule has 0 bridgehead atoms. The number of carbonyl (C=O) groups is 1. The van der Waals surface area contributed by atoms with Crippen LogP contribution < -0.4 is 5.32 Å². The van der Waals surface area contributed by atoms with Crippen molar-refractivity contribution in [1.82, 2.24) is 5.32 Å². The Hall–Kier alpha value is -2.63. The number of hydrogen-bond donors (Lipinski definition) is 6. The highest BCUT2D eigenvalue weighted by Crippen LogP contribution is 2.22. The summed E-state index contributed by atoms with van der Waals surface area (Å²) < 4.78 is 11.2. The lowest BCUT2D eigenvalue weighted by Crippen LogP contribution is -2.60. The second-order valence-corrected chi connectivity index (χ2v) is 16.9. The van der Waals surface area contributed by atoms with Crippen LogP contribution in [0.2, 0.25) is 0 Å². The molecule has 1 heterocycles. The Kier molecular flexibility index (Phi) is 39.2. The van der Waals surface area contributed by atoms with Crippen molar-refractivity contribution in [3.63, 3.8) is 0 Å². The summed E-state index contributed by atoms with van der Waals surface area (Å²) in [5.41, 5.74) is 0.